The second-order valence-corrected chi connectivity index (χ2v) is 6.19. The Bertz CT molecular complexity index is 255. The fourth-order valence-corrected chi connectivity index (χ4v) is 2.16. The molecule has 0 bridgehead atoms. The summed E-state index contributed by atoms with van der Waals surface area (Å²) in [4.78, 5) is 0. The van der Waals surface area contributed by atoms with Gasteiger partial charge in [0.1, 0.15) is 0 Å². The summed E-state index contributed by atoms with van der Waals surface area (Å²) < 4.78 is 17.4. The molecule has 2 aliphatic rings. The maximum atomic E-state index is 6.11. The zero-order valence-electron chi connectivity index (χ0n) is 11.1. The predicted molar refractivity (Wildman–Crippen MR) is 64.5 cm³/mol. The summed E-state index contributed by atoms with van der Waals surface area (Å²) in [5.74, 6) is 0. The Morgan fingerprint density at radius 2 is 1.56 bits per heavy atom. The third-order valence-corrected chi connectivity index (χ3v) is 4.45. The van der Waals surface area contributed by atoms with Gasteiger partial charge in [0, 0.05) is 19.0 Å². The summed E-state index contributed by atoms with van der Waals surface area (Å²) in [6, 6.07) is 0. The van der Waals surface area contributed by atoms with Crippen molar-refractivity contribution in [3.8, 4) is 0 Å². The van der Waals surface area contributed by atoms with E-state index >= 15 is 0 Å². The Morgan fingerprint density at radius 3 is 1.94 bits per heavy atom. The van der Waals surface area contributed by atoms with E-state index in [0.717, 1.165) is 13.0 Å². The molecule has 1 aliphatic carbocycles. The van der Waals surface area contributed by atoms with Crippen molar-refractivity contribution in [3.63, 3.8) is 0 Å². The van der Waals surface area contributed by atoms with Gasteiger partial charge >= 0.3 is 7.12 Å². The Hall–Kier alpha value is -0.0551. The van der Waals surface area contributed by atoms with Crippen LogP contribution in [-0.2, 0) is 14.0 Å². The van der Waals surface area contributed by atoms with Crippen molar-refractivity contribution in [3.05, 3.63) is 0 Å². The Kier molecular flexibility index (Phi) is 2.88. The molecule has 1 aliphatic heterocycles. The SMILES string of the molecule is COCCC1(B2OC(C)(C)C(C)(C)O2)CC1. The minimum absolute atomic E-state index is 0.0485. The Morgan fingerprint density at radius 1 is 1.06 bits per heavy atom. The van der Waals surface area contributed by atoms with Crippen LogP contribution in [0.2, 0.25) is 5.31 Å². The van der Waals surface area contributed by atoms with Crippen molar-refractivity contribution in [2.75, 3.05) is 13.7 Å². The van der Waals surface area contributed by atoms with E-state index in [9.17, 15) is 0 Å². The van der Waals surface area contributed by atoms with E-state index < -0.39 is 0 Å². The molecular weight excluding hydrogens is 203 g/mol. The molecule has 2 fully saturated rings. The molecule has 2 rings (SSSR count). The summed E-state index contributed by atoms with van der Waals surface area (Å²) in [5, 5.41) is 0.223. The van der Waals surface area contributed by atoms with Crippen LogP contribution in [0.1, 0.15) is 47.0 Å². The predicted octanol–water partition coefficient (Wildman–Crippen LogP) is 2.65. The van der Waals surface area contributed by atoms with E-state index in [2.05, 4.69) is 27.7 Å². The molecule has 0 aromatic carbocycles. The minimum Gasteiger partial charge on any atom is -0.403 e. The number of hydrogen-bond acceptors (Lipinski definition) is 3. The summed E-state index contributed by atoms with van der Waals surface area (Å²) in [6.45, 7) is 9.24. The topological polar surface area (TPSA) is 27.7 Å². The molecule has 0 unspecified atom stereocenters. The summed E-state index contributed by atoms with van der Waals surface area (Å²) in [5.41, 5.74) is -0.416. The van der Waals surface area contributed by atoms with Gasteiger partial charge in [0.05, 0.1) is 11.2 Å². The molecule has 16 heavy (non-hydrogen) atoms. The first kappa shape index (κ1) is 12.4. The van der Waals surface area contributed by atoms with Crippen molar-refractivity contribution in [2.24, 2.45) is 0 Å². The van der Waals surface area contributed by atoms with Crippen LogP contribution in [-0.4, -0.2) is 32.0 Å². The molecule has 0 atom stereocenters. The van der Waals surface area contributed by atoms with Gasteiger partial charge in [-0.1, -0.05) is 0 Å². The van der Waals surface area contributed by atoms with Crippen LogP contribution in [0.5, 0.6) is 0 Å². The van der Waals surface area contributed by atoms with Gasteiger partial charge in [-0.3, -0.25) is 0 Å². The zero-order valence-corrected chi connectivity index (χ0v) is 11.1. The normalized spacial score (nSPS) is 29.4. The van der Waals surface area contributed by atoms with Gasteiger partial charge in [0.15, 0.2) is 0 Å². The van der Waals surface area contributed by atoms with Crippen LogP contribution in [0.3, 0.4) is 0 Å². The first-order valence-electron chi connectivity index (χ1n) is 6.18. The third kappa shape index (κ3) is 1.91. The van der Waals surface area contributed by atoms with Crippen molar-refractivity contribution >= 4 is 7.12 Å². The summed E-state index contributed by atoms with van der Waals surface area (Å²) in [6.07, 6.45) is 3.45. The Labute approximate surface area is 99.0 Å². The van der Waals surface area contributed by atoms with E-state index in [1.165, 1.54) is 12.8 Å². The molecule has 0 spiro atoms. The summed E-state index contributed by atoms with van der Waals surface area (Å²) >= 11 is 0. The molecule has 1 saturated carbocycles. The Balaban J connectivity index is 2.03. The van der Waals surface area contributed by atoms with Crippen LogP contribution >= 0.6 is 0 Å². The number of ether oxygens (including phenoxy) is 1. The highest BCUT2D eigenvalue weighted by molar-refractivity contribution is 6.51. The lowest BCUT2D eigenvalue weighted by Crippen LogP contribution is -2.41. The summed E-state index contributed by atoms with van der Waals surface area (Å²) in [7, 11) is 1.70. The maximum Gasteiger partial charge on any atom is 0.464 e. The highest BCUT2D eigenvalue weighted by Gasteiger charge is 2.63. The van der Waals surface area contributed by atoms with Gasteiger partial charge in [-0.25, -0.2) is 0 Å². The van der Waals surface area contributed by atoms with E-state index in [0.29, 0.717) is 0 Å². The molecule has 1 heterocycles. The number of rotatable bonds is 4. The van der Waals surface area contributed by atoms with Crippen LogP contribution < -0.4 is 0 Å². The molecule has 0 aromatic heterocycles. The molecule has 4 heteroatoms. The van der Waals surface area contributed by atoms with Crippen molar-refractivity contribution in [2.45, 2.75) is 63.5 Å². The van der Waals surface area contributed by atoms with Gasteiger partial charge in [-0.15, -0.1) is 0 Å². The van der Waals surface area contributed by atoms with E-state index in [4.69, 9.17) is 14.0 Å². The van der Waals surface area contributed by atoms with Crippen molar-refractivity contribution < 1.29 is 14.0 Å². The van der Waals surface area contributed by atoms with Crippen LogP contribution in [0.15, 0.2) is 0 Å². The first-order chi connectivity index (χ1) is 7.33. The lowest BCUT2D eigenvalue weighted by atomic mass is 9.66. The molecule has 1 saturated heterocycles. The lowest BCUT2D eigenvalue weighted by Gasteiger charge is -2.32. The van der Waals surface area contributed by atoms with Gasteiger partial charge in [0.2, 0.25) is 0 Å². The quantitative estimate of drug-likeness (QED) is 0.689. The smallest absolute Gasteiger partial charge is 0.403 e. The second kappa shape index (κ2) is 3.72. The third-order valence-electron chi connectivity index (χ3n) is 4.45. The van der Waals surface area contributed by atoms with Crippen LogP contribution in [0.25, 0.3) is 0 Å². The molecule has 92 valence electrons. The minimum atomic E-state index is -0.208. The number of hydrogen-bond donors (Lipinski definition) is 0. The molecular formula is C12H23BO3. The van der Waals surface area contributed by atoms with E-state index in [1.54, 1.807) is 7.11 Å². The highest BCUT2D eigenvalue weighted by Crippen LogP contribution is 2.62. The average molecular weight is 226 g/mol. The molecule has 3 nitrogen and oxygen atoms in total. The fourth-order valence-electron chi connectivity index (χ4n) is 2.16. The maximum absolute atomic E-state index is 6.11. The van der Waals surface area contributed by atoms with Crippen LogP contribution in [0.4, 0.5) is 0 Å². The number of methoxy groups -OCH3 is 1. The van der Waals surface area contributed by atoms with Gasteiger partial charge < -0.3 is 14.0 Å². The molecule has 0 aromatic rings. The fraction of sp³-hybridized carbons (Fsp3) is 1.00. The standard InChI is InChI=1S/C12H23BO3/c1-10(2)11(3,4)16-13(15-10)12(6-7-12)8-9-14-5/h6-9H2,1-5H3. The van der Waals surface area contributed by atoms with Gasteiger partial charge in [0.25, 0.3) is 0 Å². The van der Waals surface area contributed by atoms with Crippen molar-refractivity contribution in [1.82, 2.24) is 0 Å². The first-order valence-corrected chi connectivity index (χ1v) is 6.18. The van der Waals surface area contributed by atoms with Gasteiger partial charge in [-0.05, 0) is 47.0 Å². The second-order valence-electron chi connectivity index (χ2n) is 6.19. The molecule has 0 N–H and O–H groups in total. The molecule has 0 radical (unpaired) electrons. The monoisotopic (exact) mass is 226 g/mol. The van der Waals surface area contributed by atoms with E-state index in [1.807, 2.05) is 0 Å². The van der Waals surface area contributed by atoms with E-state index in [-0.39, 0.29) is 23.6 Å². The zero-order chi connectivity index (χ0) is 12.0. The lowest BCUT2D eigenvalue weighted by molar-refractivity contribution is 0.00578. The van der Waals surface area contributed by atoms with Gasteiger partial charge in [-0.2, -0.15) is 0 Å². The molecule has 0 amide bonds. The highest BCUT2D eigenvalue weighted by atomic mass is 16.7. The van der Waals surface area contributed by atoms with Crippen LogP contribution in [0, 0.1) is 0 Å². The average Bonchev–Trinajstić information content (AvgIpc) is 2.89. The van der Waals surface area contributed by atoms with Crippen molar-refractivity contribution in [1.29, 1.82) is 0 Å². The largest absolute Gasteiger partial charge is 0.464 e.